The van der Waals surface area contributed by atoms with Gasteiger partial charge in [-0.1, -0.05) is 44.0 Å². The van der Waals surface area contributed by atoms with Gasteiger partial charge in [-0.3, -0.25) is 0 Å². The van der Waals surface area contributed by atoms with E-state index in [0.717, 1.165) is 17.2 Å². The highest BCUT2D eigenvalue weighted by molar-refractivity contribution is 5.93. The molecule has 14 heteroatoms. The molecule has 0 aliphatic carbocycles. The van der Waals surface area contributed by atoms with Crippen molar-refractivity contribution in [3.8, 4) is 28.4 Å². The van der Waals surface area contributed by atoms with Crippen LogP contribution in [0.25, 0.3) is 11.1 Å². The van der Waals surface area contributed by atoms with Crippen LogP contribution in [0.3, 0.4) is 0 Å². The van der Waals surface area contributed by atoms with Crippen LogP contribution in [-0.2, 0) is 38.0 Å². The van der Waals surface area contributed by atoms with Crippen molar-refractivity contribution in [2.75, 3.05) is 79.3 Å². The van der Waals surface area contributed by atoms with E-state index < -0.39 is 23.9 Å². The summed E-state index contributed by atoms with van der Waals surface area (Å²) in [6.07, 6.45) is 2.61. The van der Waals surface area contributed by atoms with Crippen molar-refractivity contribution >= 4 is 23.9 Å². The maximum atomic E-state index is 12.8. The van der Waals surface area contributed by atoms with Crippen molar-refractivity contribution in [2.24, 2.45) is 0 Å². The Balaban J connectivity index is 1.10. The fraction of sp³-hybridized carbons (Fsp3) is 0.261. The zero-order chi connectivity index (χ0) is 42.8. The summed E-state index contributed by atoms with van der Waals surface area (Å²) in [6.45, 7) is 14.1. The van der Waals surface area contributed by atoms with Gasteiger partial charge in [0, 0.05) is 6.08 Å². The maximum absolute atomic E-state index is 12.8. The molecule has 0 aliphatic heterocycles. The average Bonchev–Trinajstić information content (AvgIpc) is 3.28. The highest BCUT2D eigenvalue weighted by Crippen LogP contribution is 2.24. The molecule has 0 aromatic heterocycles. The highest BCUT2D eigenvalue weighted by Gasteiger charge is 2.13. The predicted molar refractivity (Wildman–Crippen MR) is 220 cm³/mol. The molecule has 0 spiro atoms. The largest absolute Gasteiger partial charge is 0.492 e. The van der Waals surface area contributed by atoms with Crippen LogP contribution in [-0.4, -0.2) is 103 Å². The summed E-state index contributed by atoms with van der Waals surface area (Å²) in [5.74, 6) is -0.487. The van der Waals surface area contributed by atoms with Crippen LogP contribution in [0.2, 0.25) is 0 Å². The Kier molecular flexibility index (Phi) is 20.3. The van der Waals surface area contributed by atoms with Gasteiger partial charge in [0.1, 0.15) is 49.4 Å². The van der Waals surface area contributed by atoms with Crippen LogP contribution in [0.4, 0.5) is 0 Å². The molecule has 60 heavy (non-hydrogen) atoms. The predicted octanol–water partition coefficient (Wildman–Crippen LogP) is 6.84. The second-order valence-corrected chi connectivity index (χ2v) is 12.3. The summed E-state index contributed by atoms with van der Waals surface area (Å²) >= 11 is 0. The number of hydrogen-bond donors (Lipinski definition) is 0. The van der Waals surface area contributed by atoms with Crippen molar-refractivity contribution in [1.29, 1.82) is 0 Å². The fourth-order valence-electron chi connectivity index (χ4n) is 4.88. The van der Waals surface area contributed by atoms with Gasteiger partial charge in [0.15, 0.2) is 0 Å². The first-order valence-corrected chi connectivity index (χ1v) is 18.9. The molecule has 4 rings (SSSR count). The summed E-state index contributed by atoms with van der Waals surface area (Å²) in [5, 5.41) is 0. The second kappa shape index (κ2) is 26.4. The summed E-state index contributed by atoms with van der Waals surface area (Å²) in [6, 6.07) is 26.4. The molecule has 0 unspecified atom stereocenters. The molecule has 0 atom stereocenters. The lowest BCUT2D eigenvalue weighted by Gasteiger charge is -2.09. The molecule has 0 N–H and O–H groups in total. The van der Waals surface area contributed by atoms with Gasteiger partial charge in [-0.15, -0.1) is 0 Å². The van der Waals surface area contributed by atoms with Gasteiger partial charge >= 0.3 is 23.9 Å². The van der Waals surface area contributed by atoms with Crippen molar-refractivity contribution in [2.45, 2.75) is 0 Å². The van der Waals surface area contributed by atoms with Crippen molar-refractivity contribution in [3.63, 3.8) is 0 Å². The first kappa shape index (κ1) is 46.1. The number of carbonyl (C=O) groups excluding carboxylic acids is 4. The SMILES string of the molecule is C=CC(=C)OCCOCCOCCOc1ccc(C(=O)Oc2ccc(C(=O)Oc3ccc(-c4ccc(C(=O)OCCOCCOCCOC(=O)C=C)cc4)cc3)cc2)cc1. The molecule has 0 heterocycles. The Morgan fingerprint density at radius 3 is 1.25 bits per heavy atom. The Labute approximate surface area is 348 Å². The quantitative estimate of drug-likeness (QED) is 0.0146. The summed E-state index contributed by atoms with van der Waals surface area (Å²) in [4.78, 5) is 48.9. The molecule has 316 valence electrons. The van der Waals surface area contributed by atoms with Crippen LogP contribution in [0, 0.1) is 0 Å². The summed E-state index contributed by atoms with van der Waals surface area (Å²) < 4.78 is 53.5. The minimum absolute atomic E-state index is 0.0743. The lowest BCUT2D eigenvalue weighted by Crippen LogP contribution is -2.14. The van der Waals surface area contributed by atoms with E-state index in [9.17, 15) is 19.2 Å². The zero-order valence-electron chi connectivity index (χ0n) is 33.2. The maximum Gasteiger partial charge on any atom is 0.343 e. The number of ether oxygens (including phenoxy) is 10. The van der Waals surface area contributed by atoms with E-state index in [1.54, 1.807) is 72.8 Å². The Bertz CT molecular complexity index is 1970. The normalized spacial score (nSPS) is 10.5. The van der Waals surface area contributed by atoms with E-state index in [1.165, 1.54) is 30.3 Å². The number of esters is 4. The Hall–Kier alpha value is -6.58. The lowest BCUT2D eigenvalue weighted by molar-refractivity contribution is -0.139. The minimum Gasteiger partial charge on any atom is -0.492 e. The average molecular weight is 825 g/mol. The third-order valence-corrected chi connectivity index (χ3v) is 7.99. The van der Waals surface area contributed by atoms with E-state index >= 15 is 0 Å². The third-order valence-electron chi connectivity index (χ3n) is 7.99. The van der Waals surface area contributed by atoms with Crippen molar-refractivity contribution < 1.29 is 66.5 Å². The van der Waals surface area contributed by atoms with Gasteiger partial charge in [0.2, 0.25) is 0 Å². The van der Waals surface area contributed by atoms with E-state index in [-0.39, 0.29) is 37.7 Å². The minimum atomic E-state index is -0.586. The first-order chi connectivity index (χ1) is 29.2. The van der Waals surface area contributed by atoms with Crippen molar-refractivity contribution in [1.82, 2.24) is 0 Å². The molecule has 4 aromatic carbocycles. The topological polar surface area (TPSA) is 161 Å². The van der Waals surface area contributed by atoms with Gasteiger partial charge in [0.25, 0.3) is 0 Å². The highest BCUT2D eigenvalue weighted by atomic mass is 16.6. The monoisotopic (exact) mass is 824 g/mol. The van der Waals surface area contributed by atoms with Gasteiger partial charge in [-0.05, 0) is 90.0 Å². The summed E-state index contributed by atoms with van der Waals surface area (Å²) in [7, 11) is 0. The smallest absolute Gasteiger partial charge is 0.343 e. The molecular formula is C46H48O14. The van der Waals surface area contributed by atoms with Crippen LogP contribution >= 0.6 is 0 Å². The van der Waals surface area contributed by atoms with Gasteiger partial charge < -0.3 is 47.4 Å². The molecule has 4 aromatic rings. The number of allylic oxidation sites excluding steroid dienone is 1. The van der Waals surface area contributed by atoms with E-state index in [4.69, 9.17) is 47.4 Å². The Morgan fingerprint density at radius 2 is 0.767 bits per heavy atom. The zero-order valence-corrected chi connectivity index (χ0v) is 33.2. The van der Waals surface area contributed by atoms with E-state index in [1.807, 2.05) is 0 Å². The molecule has 0 saturated heterocycles. The van der Waals surface area contributed by atoms with E-state index in [0.29, 0.717) is 81.2 Å². The molecule has 14 nitrogen and oxygen atoms in total. The molecule has 0 saturated carbocycles. The van der Waals surface area contributed by atoms with Crippen LogP contribution < -0.4 is 14.2 Å². The van der Waals surface area contributed by atoms with Gasteiger partial charge in [-0.2, -0.15) is 0 Å². The molecule has 0 fully saturated rings. The van der Waals surface area contributed by atoms with Crippen molar-refractivity contribution in [3.05, 3.63) is 151 Å². The number of carbonyl (C=O) groups is 4. The van der Waals surface area contributed by atoms with Gasteiger partial charge in [0.05, 0.1) is 69.5 Å². The number of hydrogen-bond acceptors (Lipinski definition) is 14. The second-order valence-electron chi connectivity index (χ2n) is 12.3. The standard InChI is InChI=1S/C46H48O14/c1-4-34(3)55-30-26-51-22-23-52-27-31-56-40-16-12-38(13-17-40)45(49)60-42-20-14-39(15-21-42)46(50)59-41-18-10-36(11-19-41)35-6-8-37(9-7-35)44(48)58-33-29-54-25-24-53-28-32-57-43(47)5-2/h4-21H,1-3,22-33H2. The van der Waals surface area contributed by atoms with Crippen LogP contribution in [0.15, 0.2) is 135 Å². The Morgan fingerprint density at radius 1 is 0.400 bits per heavy atom. The third kappa shape index (κ3) is 17.1. The summed E-state index contributed by atoms with van der Waals surface area (Å²) in [5.41, 5.74) is 2.66. The number of benzene rings is 4. The lowest BCUT2D eigenvalue weighted by atomic mass is 10.0. The fourth-order valence-corrected chi connectivity index (χ4v) is 4.88. The van der Waals surface area contributed by atoms with Gasteiger partial charge in [-0.25, -0.2) is 19.2 Å². The molecule has 0 bridgehead atoms. The molecule has 0 amide bonds. The van der Waals surface area contributed by atoms with Crippen LogP contribution in [0.1, 0.15) is 31.1 Å². The molecule has 0 aliphatic rings. The molecular weight excluding hydrogens is 776 g/mol. The van der Waals surface area contributed by atoms with Crippen LogP contribution in [0.5, 0.6) is 17.2 Å². The first-order valence-electron chi connectivity index (χ1n) is 18.9. The number of rotatable bonds is 28. The molecule has 0 radical (unpaired) electrons. The van der Waals surface area contributed by atoms with E-state index in [2.05, 4.69) is 19.7 Å².